The van der Waals surface area contributed by atoms with Crippen molar-refractivity contribution < 1.29 is 64.3 Å². The fraction of sp³-hybridized carbons (Fsp3) is 0.742. The van der Waals surface area contributed by atoms with Gasteiger partial charge in [-0.2, -0.15) is 0 Å². The molecule has 2 aromatic carbocycles. The first kappa shape index (κ1) is 50.3. The zero-order valence-electron chi connectivity index (χ0n) is 45.0. The average molecular weight is 1060 g/mol. The van der Waals surface area contributed by atoms with E-state index in [9.17, 15) is 45.3 Å². The number of Topliss-reactive ketones (excluding diaryl/α,β-unsaturated/α-hetero) is 1. The maximum absolute atomic E-state index is 13.4. The molecule has 0 amide bonds. The van der Waals surface area contributed by atoms with Crippen LogP contribution in [0.2, 0.25) is 0 Å². The lowest BCUT2D eigenvalue weighted by molar-refractivity contribution is -0.340. The average Bonchev–Trinajstić information content (AvgIpc) is 3.50. The van der Waals surface area contributed by atoms with E-state index in [4.69, 9.17) is 18.9 Å². The molecule has 4 bridgehead atoms. The van der Waals surface area contributed by atoms with Crippen molar-refractivity contribution in [2.75, 3.05) is 19.8 Å². The molecule has 16 unspecified atom stereocenters. The standard InChI is InChI=1S/C62H80N2O13/c1-32-43(33(2)66)47(68)45-37(46(32)67)21-34(53(72)73)22-40(45)75-54-48(69)50(70)62-24-39-44-36(41(77-62)25-56(13-5-6-14-56)51(71)52(62)76-54)9-10-38(44)60(17-8-20-65)31-74-27-35-23-57-29-59(26-42(57)63-64-61(39,30-57)49(35)60)16-7-15-58(59)19-18-55(28-58)11-3-4-12-55/h10,21-22,35,39,41-42,48-52,54,63-65,67-71H,3-9,11-20,23-31H2,1-2H3,(H,72,73). The number of aliphatic hydroxyl groups is 4. The first-order valence-electron chi connectivity index (χ1n) is 29.9. The van der Waals surface area contributed by atoms with Crippen LogP contribution < -0.4 is 15.6 Å². The molecule has 0 radical (unpaired) electrons. The van der Waals surface area contributed by atoms with Gasteiger partial charge in [0.05, 0.1) is 35.3 Å². The zero-order valence-corrected chi connectivity index (χ0v) is 45.0. The number of rotatable bonds is 7. The van der Waals surface area contributed by atoms with Crippen molar-refractivity contribution >= 4 is 22.5 Å². The topological polar surface area (TPSA) is 237 Å². The van der Waals surface area contributed by atoms with Crippen molar-refractivity contribution in [1.82, 2.24) is 10.9 Å². The molecule has 8 aliphatic carbocycles. The van der Waals surface area contributed by atoms with E-state index in [0.717, 1.165) is 38.2 Å². The highest BCUT2D eigenvalue weighted by Gasteiger charge is 2.79. The number of carbonyl (C=O) groups excluding carboxylic acids is 1. The molecule has 11 fully saturated rings. The van der Waals surface area contributed by atoms with Crippen LogP contribution in [0, 0.1) is 57.2 Å². The first-order chi connectivity index (χ1) is 36.9. The van der Waals surface area contributed by atoms with Gasteiger partial charge in [-0.05, 0) is 192 Å². The number of hydrazine groups is 1. The Bertz CT molecular complexity index is 2940. The van der Waals surface area contributed by atoms with E-state index in [1.54, 1.807) is 0 Å². The van der Waals surface area contributed by atoms with Crippen molar-refractivity contribution in [3.05, 3.63) is 51.6 Å². The number of nitrogens with one attached hydrogen (secondary N) is 2. The van der Waals surface area contributed by atoms with Crippen molar-refractivity contribution in [3.8, 4) is 17.2 Å². The molecule has 77 heavy (non-hydrogen) atoms. The van der Waals surface area contributed by atoms with Gasteiger partial charge in [0.25, 0.3) is 0 Å². The van der Waals surface area contributed by atoms with Crippen molar-refractivity contribution in [2.45, 2.75) is 216 Å². The summed E-state index contributed by atoms with van der Waals surface area (Å²) in [6.07, 6.45) is 18.1. The summed E-state index contributed by atoms with van der Waals surface area (Å²) in [5, 5.41) is 83.7. The lowest BCUT2D eigenvalue weighted by atomic mass is 9.38. The number of hydrogen-bond acceptors (Lipinski definition) is 14. The maximum atomic E-state index is 13.4. The van der Waals surface area contributed by atoms with Gasteiger partial charge >= 0.3 is 5.97 Å². The molecule has 416 valence electrons. The molecule has 15 nitrogen and oxygen atoms in total. The number of ether oxygens (including phenoxy) is 4. The highest BCUT2D eigenvalue weighted by Crippen LogP contribution is 2.80. The molecular weight excluding hydrogens is 981 g/mol. The highest BCUT2D eigenvalue weighted by molar-refractivity contribution is 6.11. The molecule has 7 saturated carbocycles. The van der Waals surface area contributed by atoms with Crippen LogP contribution in [0.1, 0.15) is 181 Å². The number of carbonyl (C=O) groups is 2. The summed E-state index contributed by atoms with van der Waals surface area (Å²) in [5.74, 6) is -3.07. The van der Waals surface area contributed by atoms with E-state index in [2.05, 4.69) is 16.9 Å². The Morgan fingerprint density at radius 1 is 0.844 bits per heavy atom. The summed E-state index contributed by atoms with van der Waals surface area (Å²) in [6, 6.07) is 2.63. The fourth-order valence-electron chi connectivity index (χ4n) is 22.6. The summed E-state index contributed by atoms with van der Waals surface area (Å²) >= 11 is 0. The summed E-state index contributed by atoms with van der Waals surface area (Å²) in [5.41, 5.74) is 9.62. The van der Waals surface area contributed by atoms with Gasteiger partial charge in [0.1, 0.15) is 41.2 Å². The second-order valence-electron chi connectivity index (χ2n) is 28.3. The van der Waals surface area contributed by atoms with E-state index < -0.39 is 82.0 Å². The van der Waals surface area contributed by atoms with Crippen molar-refractivity contribution in [1.29, 1.82) is 0 Å². The van der Waals surface area contributed by atoms with E-state index >= 15 is 0 Å². The minimum absolute atomic E-state index is 0.0308. The molecule has 2 aromatic rings. The molecule has 9 N–H and O–H groups in total. The van der Waals surface area contributed by atoms with Crippen LogP contribution in [0.25, 0.3) is 10.8 Å². The van der Waals surface area contributed by atoms with Gasteiger partial charge < -0.3 is 54.7 Å². The van der Waals surface area contributed by atoms with Crippen LogP contribution in [0.3, 0.4) is 0 Å². The van der Waals surface area contributed by atoms with Gasteiger partial charge in [-0.1, -0.05) is 38.2 Å². The molecule has 16 atom stereocenters. The number of ketones is 1. The van der Waals surface area contributed by atoms with Gasteiger partial charge in [-0.3, -0.25) is 15.6 Å². The van der Waals surface area contributed by atoms with Crippen LogP contribution in [0.15, 0.2) is 34.9 Å². The second-order valence-corrected chi connectivity index (χ2v) is 28.3. The number of fused-ring (bicyclic) bond motifs is 5. The molecule has 15 rings (SSSR count). The monoisotopic (exact) mass is 1060 g/mol. The SMILES string of the molecule is CC(=O)c1c(C)c(O)c2cc(C(=O)O)cc(OC3OC4C(O)C5(CCCC5)CC5OC4(CC4C6=C5CC=C6C5(CCCO)COCC6CC78CC4(NNC7CC4(CCCC47CCC4(CCCC4)C7)C8)C65)C(O)C3O)c2c1O. The zero-order chi connectivity index (χ0) is 53.0. The van der Waals surface area contributed by atoms with Gasteiger partial charge in [0, 0.05) is 52.5 Å². The number of allylic oxidation sites excluding steroid dienone is 1. The van der Waals surface area contributed by atoms with E-state index in [0.29, 0.717) is 56.1 Å². The Balaban J connectivity index is 0.872. The number of carboxylic acids is 1. The number of hydrogen-bond donors (Lipinski definition) is 9. The minimum Gasteiger partial charge on any atom is -0.507 e. The second kappa shape index (κ2) is 16.7. The van der Waals surface area contributed by atoms with E-state index in [-0.39, 0.29) is 80.9 Å². The fourth-order valence-corrected chi connectivity index (χ4v) is 22.6. The Morgan fingerprint density at radius 3 is 2.39 bits per heavy atom. The normalized spacial score (nSPS) is 45.3. The highest BCUT2D eigenvalue weighted by atomic mass is 16.7. The van der Waals surface area contributed by atoms with Crippen LogP contribution in [0.5, 0.6) is 17.2 Å². The summed E-state index contributed by atoms with van der Waals surface area (Å²) < 4.78 is 28.3. The lowest BCUT2D eigenvalue weighted by Crippen LogP contribution is -2.81. The third-order valence-electron chi connectivity index (χ3n) is 25.2. The lowest BCUT2D eigenvalue weighted by Gasteiger charge is -2.72. The molecule has 5 aliphatic heterocycles. The van der Waals surface area contributed by atoms with Crippen LogP contribution in [-0.4, -0.2) is 121 Å². The minimum atomic E-state index is -1.82. The van der Waals surface area contributed by atoms with Crippen LogP contribution >= 0.6 is 0 Å². The number of phenols is 2. The summed E-state index contributed by atoms with van der Waals surface area (Å²) in [7, 11) is 0. The number of phenolic OH excluding ortho intramolecular Hbond substituents is 2. The third kappa shape index (κ3) is 6.41. The largest absolute Gasteiger partial charge is 0.507 e. The summed E-state index contributed by atoms with van der Waals surface area (Å²) in [6.45, 7) is 4.01. The predicted molar refractivity (Wildman–Crippen MR) is 281 cm³/mol. The number of aliphatic hydroxyl groups excluding tert-OH is 4. The molecule has 15 heteroatoms. The molecule has 0 aromatic heterocycles. The van der Waals surface area contributed by atoms with E-state index in [1.807, 2.05) is 0 Å². The maximum Gasteiger partial charge on any atom is 0.335 e. The van der Waals surface area contributed by atoms with Gasteiger partial charge in [-0.15, -0.1) is 0 Å². The molecule has 13 aliphatic rings. The van der Waals surface area contributed by atoms with Gasteiger partial charge in [0.2, 0.25) is 6.29 Å². The van der Waals surface area contributed by atoms with Crippen LogP contribution in [-0.2, 0) is 14.2 Å². The smallest absolute Gasteiger partial charge is 0.335 e. The number of carboxylic acid groups (broad SMARTS) is 1. The Morgan fingerprint density at radius 2 is 1.62 bits per heavy atom. The van der Waals surface area contributed by atoms with Crippen molar-refractivity contribution in [2.24, 2.45) is 50.2 Å². The Kier molecular flexibility index (Phi) is 10.9. The number of benzene rings is 2. The molecule has 7 spiro atoms. The van der Waals surface area contributed by atoms with Gasteiger partial charge in [0.15, 0.2) is 5.78 Å². The molecular formula is C62H80N2O13. The number of aromatic hydroxyl groups is 2. The molecule has 5 heterocycles. The van der Waals surface area contributed by atoms with Crippen molar-refractivity contribution in [3.63, 3.8) is 0 Å². The van der Waals surface area contributed by atoms with Crippen LogP contribution in [0.4, 0.5) is 0 Å². The quantitative estimate of drug-likeness (QED) is 0.0941. The Labute approximate surface area is 450 Å². The van der Waals surface area contributed by atoms with E-state index in [1.165, 1.54) is 114 Å². The first-order valence-corrected chi connectivity index (χ1v) is 29.9. The third-order valence-corrected chi connectivity index (χ3v) is 25.2. The van der Waals surface area contributed by atoms with Gasteiger partial charge in [-0.25, -0.2) is 4.79 Å². The Hall–Kier alpha value is -3.64. The number of aromatic carboxylic acids is 1. The summed E-state index contributed by atoms with van der Waals surface area (Å²) in [4.78, 5) is 25.7. The predicted octanol–water partition coefficient (Wildman–Crippen LogP) is 8.11. The molecule has 4 saturated heterocycles.